The van der Waals surface area contributed by atoms with Gasteiger partial charge >= 0.3 is 5.97 Å². The smallest absolute Gasteiger partial charge is 0.325 e. The molecule has 3 aromatic rings. The summed E-state index contributed by atoms with van der Waals surface area (Å²) in [5, 5.41) is 6.49. The van der Waals surface area contributed by atoms with Gasteiger partial charge in [-0.25, -0.2) is 0 Å². The molecule has 30 heavy (non-hydrogen) atoms. The second-order valence-electron chi connectivity index (χ2n) is 6.44. The summed E-state index contributed by atoms with van der Waals surface area (Å²) in [6, 6.07) is 21.2. The summed E-state index contributed by atoms with van der Waals surface area (Å²) in [7, 11) is 0. The van der Waals surface area contributed by atoms with Crippen molar-refractivity contribution in [3.8, 4) is 0 Å². The summed E-state index contributed by atoms with van der Waals surface area (Å²) in [4.78, 5) is 47.9. The number of rotatable bonds is 8. The van der Waals surface area contributed by atoms with Crippen molar-refractivity contribution in [2.75, 3.05) is 19.7 Å². The van der Waals surface area contributed by atoms with Crippen LogP contribution in [0.15, 0.2) is 72.8 Å². The van der Waals surface area contributed by atoms with E-state index in [2.05, 4.69) is 10.6 Å². The second-order valence-corrected chi connectivity index (χ2v) is 6.44. The average molecular weight is 404 g/mol. The summed E-state index contributed by atoms with van der Waals surface area (Å²) in [5.74, 6) is -2.02. The van der Waals surface area contributed by atoms with E-state index in [4.69, 9.17) is 4.74 Å². The van der Waals surface area contributed by atoms with Gasteiger partial charge in [-0.3, -0.25) is 19.2 Å². The van der Waals surface area contributed by atoms with Gasteiger partial charge in [0.25, 0.3) is 5.91 Å². The molecule has 3 rings (SSSR count). The molecule has 0 radical (unpaired) electrons. The Morgan fingerprint density at radius 1 is 0.733 bits per heavy atom. The first-order valence-corrected chi connectivity index (χ1v) is 9.31. The van der Waals surface area contributed by atoms with Crippen LogP contribution in [0.25, 0.3) is 10.8 Å². The Morgan fingerprint density at radius 3 is 2.23 bits per heavy atom. The summed E-state index contributed by atoms with van der Waals surface area (Å²) in [5.41, 5.74) is 0.894. The van der Waals surface area contributed by atoms with Gasteiger partial charge in [-0.15, -0.1) is 0 Å². The Morgan fingerprint density at radius 2 is 1.43 bits per heavy atom. The van der Waals surface area contributed by atoms with Gasteiger partial charge in [0.05, 0.1) is 6.54 Å². The zero-order chi connectivity index (χ0) is 21.3. The quantitative estimate of drug-likeness (QED) is 0.442. The van der Waals surface area contributed by atoms with Crippen LogP contribution in [0.5, 0.6) is 0 Å². The van der Waals surface area contributed by atoms with E-state index in [-0.39, 0.29) is 12.3 Å². The largest absolute Gasteiger partial charge is 0.456 e. The minimum Gasteiger partial charge on any atom is -0.456 e. The van der Waals surface area contributed by atoms with Crippen LogP contribution in [-0.4, -0.2) is 43.3 Å². The lowest BCUT2D eigenvalue weighted by molar-refractivity contribution is -0.142. The molecule has 0 saturated carbocycles. The van der Waals surface area contributed by atoms with E-state index in [1.807, 2.05) is 30.3 Å². The highest BCUT2D eigenvalue weighted by Gasteiger charge is 2.14. The first kappa shape index (κ1) is 20.7. The number of esters is 1. The Kier molecular flexibility index (Phi) is 6.89. The van der Waals surface area contributed by atoms with Gasteiger partial charge in [0.2, 0.25) is 11.7 Å². The molecule has 2 N–H and O–H groups in total. The van der Waals surface area contributed by atoms with Crippen LogP contribution in [0.4, 0.5) is 0 Å². The zero-order valence-corrected chi connectivity index (χ0v) is 16.1. The van der Waals surface area contributed by atoms with Crippen LogP contribution >= 0.6 is 0 Å². The Labute approximate surface area is 173 Å². The maximum absolute atomic E-state index is 12.4. The molecule has 3 aromatic carbocycles. The number of carbonyl (C=O) groups is 4. The molecule has 0 unspecified atom stereocenters. The van der Waals surface area contributed by atoms with Crippen molar-refractivity contribution in [1.82, 2.24) is 10.6 Å². The number of Topliss-reactive ketones (excluding diaryl/α,β-unsaturated/α-hetero) is 1. The lowest BCUT2D eigenvalue weighted by Crippen LogP contribution is -2.39. The number of fused-ring (bicyclic) bond motifs is 1. The second kappa shape index (κ2) is 9.97. The zero-order valence-electron chi connectivity index (χ0n) is 16.1. The van der Waals surface area contributed by atoms with Crippen LogP contribution in [0.2, 0.25) is 0 Å². The molecule has 0 fully saturated rings. The minimum absolute atomic E-state index is 0.282. The van der Waals surface area contributed by atoms with Gasteiger partial charge in [0, 0.05) is 11.1 Å². The van der Waals surface area contributed by atoms with Gasteiger partial charge in [0.15, 0.2) is 6.61 Å². The van der Waals surface area contributed by atoms with Crippen LogP contribution in [0.3, 0.4) is 0 Å². The van der Waals surface area contributed by atoms with Crippen molar-refractivity contribution in [2.24, 2.45) is 0 Å². The number of hydrogen-bond donors (Lipinski definition) is 2. The van der Waals surface area contributed by atoms with Gasteiger partial charge < -0.3 is 15.4 Å². The highest BCUT2D eigenvalue weighted by molar-refractivity contribution is 6.09. The first-order valence-electron chi connectivity index (χ1n) is 9.31. The van der Waals surface area contributed by atoms with Crippen molar-refractivity contribution >= 4 is 34.3 Å². The van der Waals surface area contributed by atoms with Gasteiger partial charge in [0.1, 0.15) is 6.54 Å². The van der Waals surface area contributed by atoms with Crippen LogP contribution in [-0.2, 0) is 14.3 Å². The number of ketones is 1. The van der Waals surface area contributed by atoms with E-state index in [0.717, 1.165) is 10.8 Å². The molecule has 152 valence electrons. The minimum atomic E-state index is -0.744. The molecule has 0 atom stereocenters. The fourth-order valence-electron chi connectivity index (χ4n) is 2.83. The lowest BCUT2D eigenvalue weighted by atomic mass is 10.0. The highest BCUT2D eigenvalue weighted by Crippen LogP contribution is 2.18. The van der Waals surface area contributed by atoms with E-state index in [0.29, 0.717) is 11.1 Å². The molecule has 7 nitrogen and oxygen atoms in total. The number of amides is 2. The van der Waals surface area contributed by atoms with Crippen molar-refractivity contribution in [3.63, 3.8) is 0 Å². The van der Waals surface area contributed by atoms with Crippen molar-refractivity contribution in [1.29, 1.82) is 0 Å². The molecule has 0 aliphatic carbocycles. The molecule has 2 amide bonds. The SMILES string of the molecule is O=C(CNC(=O)c1ccccc1)NCC(=O)OCC(=O)c1cccc2ccccc12. The maximum atomic E-state index is 12.4. The summed E-state index contributed by atoms with van der Waals surface area (Å²) in [6.07, 6.45) is 0. The summed E-state index contributed by atoms with van der Waals surface area (Å²) >= 11 is 0. The van der Waals surface area contributed by atoms with Crippen LogP contribution in [0.1, 0.15) is 20.7 Å². The van der Waals surface area contributed by atoms with E-state index in [1.165, 1.54) is 0 Å². The molecule has 7 heteroatoms. The third-order valence-electron chi connectivity index (χ3n) is 4.33. The third kappa shape index (κ3) is 5.51. The molecule has 0 aliphatic heterocycles. The molecule has 0 heterocycles. The highest BCUT2D eigenvalue weighted by atomic mass is 16.5. The molecular weight excluding hydrogens is 384 g/mol. The van der Waals surface area contributed by atoms with E-state index in [1.54, 1.807) is 42.5 Å². The standard InChI is InChI=1S/C23H20N2O5/c26-20(19-12-6-10-16-7-4-5-11-18(16)19)15-30-22(28)14-24-21(27)13-25-23(29)17-8-2-1-3-9-17/h1-12H,13-15H2,(H,24,27)(H,25,29). The fourth-order valence-corrected chi connectivity index (χ4v) is 2.83. The van der Waals surface area contributed by atoms with Crippen molar-refractivity contribution in [3.05, 3.63) is 83.9 Å². The molecule has 0 aliphatic rings. The first-order chi connectivity index (χ1) is 14.5. The Hall–Kier alpha value is -4.00. The number of carbonyl (C=O) groups excluding carboxylic acids is 4. The van der Waals surface area contributed by atoms with Gasteiger partial charge in [-0.05, 0) is 22.9 Å². The normalized spacial score (nSPS) is 10.3. The fraction of sp³-hybridized carbons (Fsp3) is 0.130. The molecule has 0 bridgehead atoms. The van der Waals surface area contributed by atoms with Crippen LogP contribution in [0, 0.1) is 0 Å². The van der Waals surface area contributed by atoms with Gasteiger partial charge in [-0.1, -0.05) is 60.7 Å². The van der Waals surface area contributed by atoms with Crippen LogP contribution < -0.4 is 10.6 Å². The molecular formula is C23H20N2O5. The van der Waals surface area contributed by atoms with E-state index < -0.39 is 30.9 Å². The summed E-state index contributed by atoms with van der Waals surface area (Å²) < 4.78 is 4.96. The van der Waals surface area contributed by atoms with Crippen molar-refractivity contribution < 1.29 is 23.9 Å². The lowest BCUT2D eigenvalue weighted by Gasteiger charge is -2.08. The number of ether oxygens (including phenoxy) is 1. The molecule has 0 saturated heterocycles. The van der Waals surface area contributed by atoms with E-state index >= 15 is 0 Å². The number of hydrogen-bond acceptors (Lipinski definition) is 5. The van der Waals surface area contributed by atoms with E-state index in [9.17, 15) is 19.2 Å². The maximum Gasteiger partial charge on any atom is 0.325 e. The molecule has 0 aromatic heterocycles. The van der Waals surface area contributed by atoms with Crippen molar-refractivity contribution in [2.45, 2.75) is 0 Å². The summed E-state index contributed by atoms with van der Waals surface area (Å²) in [6.45, 7) is -1.10. The van der Waals surface area contributed by atoms with Gasteiger partial charge in [-0.2, -0.15) is 0 Å². The Balaban J connectivity index is 1.41. The predicted octanol–water partition coefficient (Wildman–Crippen LogP) is 2.11. The topological polar surface area (TPSA) is 102 Å². The number of benzene rings is 3. The third-order valence-corrected chi connectivity index (χ3v) is 4.33. The molecule has 0 spiro atoms. The Bertz CT molecular complexity index is 1070. The average Bonchev–Trinajstić information content (AvgIpc) is 2.79. The number of nitrogens with one attached hydrogen (secondary N) is 2. The monoisotopic (exact) mass is 404 g/mol. The predicted molar refractivity (Wildman–Crippen MR) is 111 cm³/mol.